The number of allylic oxidation sites excluding steroid dienone is 9. The first-order valence-corrected chi connectivity index (χ1v) is 6.62. The predicted molar refractivity (Wildman–Crippen MR) is 87.9 cm³/mol. The van der Waals surface area contributed by atoms with Crippen molar-refractivity contribution in [1.29, 1.82) is 0 Å². The number of hydrogen-bond donors (Lipinski definition) is 0. The Hall–Kier alpha value is -2.08. The molecule has 0 aliphatic carbocycles. The van der Waals surface area contributed by atoms with Gasteiger partial charge in [-0.05, 0) is 43.0 Å². The predicted octanol–water partition coefficient (Wildman–Crippen LogP) is 5.81. The maximum atomic E-state index is 3.84. The highest BCUT2D eigenvalue weighted by molar-refractivity contribution is 5.78. The van der Waals surface area contributed by atoms with Crippen molar-refractivity contribution >= 4 is 11.1 Å². The van der Waals surface area contributed by atoms with Crippen LogP contribution < -0.4 is 0 Å². The molecule has 0 heteroatoms. The molecule has 0 spiro atoms. The van der Waals surface area contributed by atoms with Gasteiger partial charge < -0.3 is 0 Å². The van der Waals surface area contributed by atoms with E-state index in [0.717, 1.165) is 5.57 Å². The lowest BCUT2D eigenvalue weighted by Gasteiger charge is -2.05. The molecule has 1 aromatic carbocycles. The minimum absolute atomic E-state index is 1.16. The highest BCUT2D eigenvalue weighted by Crippen LogP contribution is 2.21. The maximum absolute atomic E-state index is 3.84. The van der Waals surface area contributed by atoms with Crippen LogP contribution in [0.3, 0.4) is 0 Å². The standard InChI is InChI=1S/C19H22/c1-5-9-11-17(10-6-2)19-14-12-18(13-15-19)16(7-3)8-4/h5-15H,3H2,1-2,4H3/b9-5-,10-6-,16-8+,17-11+. The van der Waals surface area contributed by atoms with E-state index in [1.807, 2.05) is 32.9 Å². The third kappa shape index (κ3) is 4.26. The maximum Gasteiger partial charge on any atom is -0.0184 e. The molecule has 0 saturated carbocycles. The topological polar surface area (TPSA) is 0 Å². The Labute approximate surface area is 117 Å². The van der Waals surface area contributed by atoms with E-state index in [4.69, 9.17) is 0 Å². The van der Waals surface area contributed by atoms with E-state index in [9.17, 15) is 0 Å². The van der Waals surface area contributed by atoms with E-state index >= 15 is 0 Å². The molecular formula is C19H22. The lowest BCUT2D eigenvalue weighted by molar-refractivity contribution is 1.55. The molecule has 1 aromatic rings. The Morgan fingerprint density at radius 2 is 1.47 bits per heavy atom. The Morgan fingerprint density at radius 1 is 0.895 bits per heavy atom. The van der Waals surface area contributed by atoms with Crippen molar-refractivity contribution in [2.75, 3.05) is 0 Å². The van der Waals surface area contributed by atoms with Crippen LogP contribution in [0, 0.1) is 0 Å². The van der Waals surface area contributed by atoms with E-state index in [0.29, 0.717) is 0 Å². The van der Waals surface area contributed by atoms with Crippen molar-refractivity contribution < 1.29 is 0 Å². The molecule has 0 radical (unpaired) electrons. The minimum atomic E-state index is 1.16. The number of benzene rings is 1. The fraction of sp³-hybridized carbons (Fsp3) is 0.158. The molecule has 1 rings (SSSR count). The first-order chi connectivity index (χ1) is 9.26. The van der Waals surface area contributed by atoms with E-state index in [-0.39, 0.29) is 0 Å². The second kappa shape index (κ2) is 8.10. The second-order valence-corrected chi connectivity index (χ2v) is 4.17. The van der Waals surface area contributed by atoms with E-state index < -0.39 is 0 Å². The molecule has 0 heterocycles. The van der Waals surface area contributed by atoms with Crippen LogP contribution in [0.2, 0.25) is 0 Å². The van der Waals surface area contributed by atoms with E-state index in [1.165, 1.54) is 16.7 Å². The van der Waals surface area contributed by atoms with Gasteiger partial charge in [-0.3, -0.25) is 0 Å². The van der Waals surface area contributed by atoms with Crippen molar-refractivity contribution in [3.05, 3.63) is 84.5 Å². The first-order valence-electron chi connectivity index (χ1n) is 6.62. The van der Waals surface area contributed by atoms with E-state index in [1.54, 1.807) is 0 Å². The Morgan fingerprint density at radius 3 is 1.89 bits per heavy atom. The molecule has 0 saturated heterocycles. The van der Waals surface area contributed by atoms with Crippen molar-refractivity contribution in [1.82, 2.24) is 0 Å². The van der Waals surface area contributed by atoms with Gasteiger partial charge in [-0.1, -0.05) is 73.4 Å². The third-order valence-electron chi connectivity index (χ3n) is 2.90. The highest BCUT2D eigenvalue weighted by atomic mass is 14.0. The summed E-state index contributed by atoms with van der Waals surface area (Å²) in [7, 11) is 0. The fourth-order valence-corrected chi connectivity index (χ4v) is 1.88. The van der Waals surface area contributed by atoms with Gasteiger partial charge in [-0.15, -0.1) is 0 Å². The average Bonchev–Trinajstić information content (AvgIpc) is 2.45. The molecule has 0 atom stereocenters. The Bertz CT molecular complexity index is 520. The zero-order chi connectivity index (χ0) is 14.1. The fourth-order valence-electron chi connectivity index (χ4n) is 1.88. The van der Waals surface area contributed by atoms with E-state index in [2.05, 4.69) is 61.2 Å². The summed E-state index contributed by atoms with van der Waals surface area (Å²) in [5, 5.41) is 0. The van der Waals surface area contributed by atoms with Gasteiger partial charge in [-0.2, -0.15) is 0 Å². The molecule has 0 aliphatic rings. The summed E-state index contributed by atoms with van der Waals surface area (Å²) < 4.78 is 0. The molecule has 0 amide bonds. The normalized spacial score (nSPS) is 13.4. The molecule has 0 fully saturated rings. The number of rotatable bonds is 5. The lowest BCUT2D eigenvalue weighted by atomic mass is 9.99. The van der Waals surface area contributed by atoms with Crippen molar-refractivity contribution in [2.45, 2.75) is 20.8 Å². The first kappa shape index (κ1) is 15.0. The summed E-state index contributed by atoms with van der Waals surface area (Å²) >= 11 is 0. The molecule has 0 aliphatic heterocycles. The second-order valence-electron chi connectivity index (χ2n) is 4.17. The summed E-state index contributed by atoms with van der Waals surface area (Å²) in [6, 6.07) is 8.58. The zero-order valence-corrected chi connectivity index (χ0v) is 12.1. The third-order valence-corrected chi connectivity index (χ3v) is 2.90. The van der Waals surface area contributed by atoms with Crippen LogP contribution in [0.15, 0.2) is 73.4 Å². The van der Waals surface area contributed by atoms with Crippen LogP contribution in [-0.2, 0) is 0 Å². The quantitative estimate of drug-likeness (QED) is 0.578. The summed E-state index contributed by atoms with van der Waals surface area (Å²) in [5.41, 5.74) is 4.80. The highest BCUT2D eigenvalue weighted by Gasteiger charge is 1.99. The molecular weight excluding hydrogens is 228 g/mol. The molecule has 0 bridgehead atoms. The summed E-state index contributed by atoms with van der Waals surface area (Å²) in [4.78, 5) is 0. The molecule has 19 heavy (non-hydrogen) atoms. The summed E-state index contributed by atoms with van der Waals surface area (Å²) in [6.07, 6.45) is 14.4. The van der Waals surface area contributed by atoms with Gasteiger partial charge in [0, 0.05) is 0 Å². The largest absolute Gasteiger partial charge is 0.0985 e. The van der Waals surface area contributed by atoms with Crippen molar-refractivity contribution in [3.63, 3.8) is 0 Å². The van der Waals surface area contributed by atoms with Gasteiger partial charge in [0.25, 0.3) is 0 Å². The molecule has 0 aromatic heterocycles. The van der Waals surface area contributed by atoms with Gasteiger partial charge in [-0.25, -0.2) is 0 Å². The molecule has 0 unspecified atom stereocenters. The van der Waals surface area contributed by atoms with Crippen LogP contribution in [0.25, 0.3) is 11.1 Å². The van der Waals surface area contributed by atoms with Crippen LogP contribution in [0.4, 0.5) is 0 Å². The van der Waals surface area contributed by atoms with Crippen molar-refractivity contribution in [3.8, 4) is 0 Å². The number of hydrogen-bond acceptors (Lipinski definition) is 0. The van der Waals surface area contributed by atoms with Gasteiger partial charge in [0.1, 0.15) is 0 Å². The van der Waals surface area contributed by atoms with Crippen molar-refractivity contribution in [2.24, 2.45) is 0 Å². The van der Waals surface area contributed by atoms with Crippen LogP contribution in [-0.4, -0.2) is 0 Å². The minimum Gasteiger partial charge on any atom is -0.0985 e. The van der Waals surface area contributed by atoms with Crippen LogP contribution in [0.5, 0.6) is 0 Å². The zero-order valence-electron chi connectivity index (χ0n) is 12.1. The molecule has 0 N–H and O–H groups in total. The van der Waals surface area contributed by atoms with Gasteiger partial charge in [0.15, 0.2) is 0 Å². The lowest BCUT2D eigenvalue weighted by Crippen LogP contribution is -1.84. The summed E-state index contributed by atoms with van der Waals surface area (Å²) in [5.74, 6) is 0. The van der Waals surface area contributed by atoms with Gasteiger partial charge in [0.05, 0.1) is 0 Å². The Kier molecular flexibility index (Phi) is 6.38. The SMILES string of the molecule is C=C/C(=C\C)c1ccc(C(/C=C\C)=C/C=C\C)cc1. The monoisotopic (exact) mass is 250 g/mol. The smallest absolute Gasteiger partial charge is 0.0184 e. The molecule has 98 valence electrons. The average molecular weight is 250 g/mol. The summed E-state index contributed by atoms with van der Waals surface area (Å²) in [6.45, 7) is 9.92. The molecule has 0 nitrogen and oxygen atoms in total. The van der Waals surface area contributed by atoms with Gasteiger partial charge >= 0.3 is 0 Å². The Balaban J connectivity index is 3.12. The van der Waals surface area contributed by atoms with Crippen LogP contribution in [0.1, 0.15) is 31.9 Å². The van der Waals surface area contributed by atoms with Gasteiger partial charge in [0.2, 0.25) is 0 Å². The van der Waals surface area contributed by atoms with Crippen LogP contribution >= 0.6 is 0 Å².